The summed E-state index contributed by atoms with van der Waals surface area (Å²) >= 11 is 0. The molecule has 0 heterocycles. The Morgan fingerprint density at radius 2 is 0.959 bits per heavy atom. The van der Waals surface area contributed by atoms with E-state index in [1.54, 1.807) is 0 Å². The number of hydrogen-bond acceptors (Lipinski definition) is 9. The maximum Gasteiger partial charge on any atom is 0.307 e. The van der Waals surface area contributed by atoms with Crippen molar-refractivity contribution >= 4 is 55.1 Å². The van der Waals surface area contributed by atoms with E-state index in [0.717, 1.165) is 31.0 Å². The summed E-state index contributed by atoms with van der Waals surface area (Å²) in [6.07, 6.45) is 29.2. The molecular weight excluding hydrogens is 689 g/mol. The topological polar surface area (TPSA) is 59.1 Å². The van der Waals surface area contributed by atoms with Gasteiger partial charge in [0.05, 0.1) is 29.4 Å². The first-order valence-electron chi connectivity index (χ1n) is 20.2. The molecule has 0 aliphatic carbocycles. The first kappa shape index (κ1) is 49.3. The maximum absolute atomic E-state index is 12.4. The van der Waals surface area contributed by atoms with Crippen molar-refractivity contribution in [3.8, 4) is 0 Å². The Labute approximate surface area is 320 Å². The van der Waals surface area contributed by atoms with Crippen LogP contribution in [0.4, 0.5) is 0 Å². The van der Waals surface area contributed by atoms with E-state index in [1.807, 2.05) is 32.4 Å². The van der Waals surface area contributed by atoms with Crippen LogP contribution >= 0.6 is 32.4 Å². The van der Waals surface area contributed by atoms with Crippen LogP contribution in [-0.4, -0.2) is 98.2 Å². The van der Waals surface area contributed by atoms with Gasteiger partial charge >= 0.3 is 11.9 Å². The lowest BCUT2D eigenvalue weighted by molar-refractivity contribution is -0.143. The molecule has 10 heteroatoms. The fourth-order valence-corrected chi connectivity index (χ4v) is 9.66. The predicted octanol–water partition coefficient (Wildman–Crippen LogP) is 10.8. The summed E-state index contributed by atoms with van der Waals surface area (Å²) in [5.74, 6) is 3.83. The number of ether oxygens (including phenoxy) is 2. The molecule has 0 aliphatic rings. The van der Waals surface area contributed by atoms with Gasteiger partial charge in [0, 0.05) is 35.4 Å². The van der Waals surface area contributed by atoms with Gasteiger partial charge in [-0.1, -0.05) is 145 Å². The fourth-order valence-electron chi connectivity index (χ4n) is 5.53. The first-order valence-corrected chi connectivity index (χ1v) is 25.4. The molecule has 292 valence electrons. The minimum absolute atomic E-state index is 0.139. The van der Waals surface area contributed by atoms with Crippen LogP contribution in [0.1, 0.15) is 162 Å². The van der Waals surface area contributed by atoms with Crippen LogP contribution in [0, 0.1) is 0 Å². The Morgan fingerprint density at radius 3 is 1.47 bits per heavy atom. The van der Waals surface area contributed by atoms with Crippen LogP contribution < -0.4 is 0 Å². The second-order valence-corrected chi connectivity index (χ2v) is 19.3. The SMILES string of the molecule is CCCCCCCCCCCCSSCCOC(=O)CCN(CCCN(C)C)CCC(=O)OCCS[SH+]CCCCCCCCCCCC. The number of hydrogen-bond donors (Lipinski definition) is 0. The van der Waals surface area contributed by atoms with Gasteiger partial charge in [0.1, 0.15) is 19.0 Å². The van der Waals surface area contributed by atoms with Gasteiger partial charge < -0.3 is 19.3 Å². The summed E-state index contributed by atoms with van der Waals surface area (Å²) in [6, 6.07) is 0. The van der Waals surface area contributed by atoms with Crippen LogP contribution in [0.3, 0.4) is 0 Å². The molecule has 0 N–H and O–H groups in total. The molecule has 0 saturated heterocycles. The molecule has 0 radical (unpaired) electrons. The summed E-state index contributed by atoms with van der Waals surface area (Å²) < 4.78 is 11.0. The molecule has 0 saturated carbocycles. The highest BCUT2D eigenvalue weighted by Crippen LogP contribution is 2.23. The van der Waals surface area contributed by atoms with Crippen molar-refractivity contribution in [3.63, 3.8) is 0 Å². The minimum Gasteiger partial charge on any atom is -0.465 e. The van der Waals surface area contributed by atoms with Gasteiger partial charge in [0.25, 0.3) is 0 Å². The maximum atomic E-state index is 12.4. The monoisotopic (exact) mass is 767 g/mol. The van der Waals surface area contributed by atoms with Crippen molar-refractivity contribution < 1.29 is 19.1 Å². The number of carbonyl (C=O) groups excluding carboxylic acids is 2. The van der Waals surface area contributed by atoms with E-state index < -0.39 is 0 Å². The van der Waals surface area contributed by atoms with E-state index in [4.69, 9.17) is 9.47 Å². The molecule has 0 aromatic rings. The van der Waals surface area contributed by atoms with Gasteiger partial charge in [0.2, 0.25) is 0 Å². The molecule has 0 unspecified atom stereocenters. The largest absolute Gasteiger partial charge is 0.465 e. The Kier molecular flexibility index (Phi) is 41.2. The summed E-state index contributed by atoms with van der Waals surface area (Å²) in [7, 11) is 11.1. The van der Waals surface area contributed by atoms with E-state index in [0.29, 0.717) is 39.1 Å². The Balaban J connectivity index is 3.83. The Bertz CT molecular complexity index is 656. The normalized spacial score (nSPS) is 11.6. The average molecular weight is 768 g/mol. The van der Waals surface area contributed by atoms with Crippen LogP contribution in [0.25, 0.3) is 0 Å². The number of carbonyl (C=O) groups is 2. The van der Waals surface area contributed by atoms with E-state index in [9.17, 15) is 9.59 Å². The quantitative estimate of drug-likeness (QED) is 0.0199. The second kappa shape index (κ2) is 41.0. The van der Waals surface area contributed by atoms with E-state index in [1.165, 1.54) is 151 Å². The lowest BCUT2D eigenvalue weighted by Gasteiger charge is -2.22. The van der Waals surface area contributed by atoms with Gasteiger partial charge in [-0.2, -0.15) is 0 Å². The molecular formula is C39H79N2O4S4+. The molecule has 0 aliphatic heterocycles. The molecule has 0 spiro atoms. The average Bonchev–Trinajstić information content (AvgIpc) is 3.09. The van der Waals surface area contributed by atoms with Gasteiger partial charge in [-0.25, -0.2) is 0 Å². The van der Waals surface area contributed by atoms with Gasteiger partial charge in [-0.05, 0) is 52.9 Å². The zero-order chi connectivity index (χ0) is 35.9. The summed E-state index contributed by atoms with van der Waals surface area (Å²) in [5.41, 5.74) is 0. The van der Waals surface area contributed by atoms with Crippen LogP contribution in [0.15, 0.2) is 0 Å². The van der Waals surface area contributed by atoms with Gasteiger partial charge in [-0.3, -0.25) is 9.59 Å². The third kappa shape index (κ3) is 40.9. The van der Waals surface area contributed by atoms with Crippen molar-refractivity contribution in [1.82, 2.24) is 9.80 Å². The lowest BCUT2D eigenvalue weighted by Crippen LogP contribution is -2.32. The van der Waals surface area contributed by atoms with E-state index in [-0.39, 0.29) is 11.9 Å². The Morgan fingerprint density at radius 1 is 0.510 bits per heavy atom. The molecule has 0 aromatic heterocycles. The van der Waals surface area contributed by atoms with Crippen molar-refractivity contribution in [3.05, 3.63) is 0 Å². The minimum atomic E-state index is -0.144. The van der Waals surface area contributed by atoms with E-state index in [2.05, 4.69) is 37.7 Å². The lowest BCUT2D eigenvalue weighted by atomic mass is 10.1. The number of thiol groups is 1. The van der Waals surface area contributed by atoms with Crippen molar-refractivity contribution in [1.29, 1.82) is 0 Å². The summed E-state index contributed by atoms with van der Waals surface area (Å²) in [5, 5.41) is 0. The second-order valence-electron chi connectivity index (χ2n) is 13.6. The molecule has 0 amide bonds. The fraction of sp³-hybridized carbons (Fsp3) is 0.949. The summed E-state index contributed by atoms with van der Waals surface area (Å²) in [4.78, 5) is 29.2. The van der Waals surface area contributed by atoms with E-state index >= 15 is 0 Å². The molecule has 49 heavy (non-hydrogen) atoms. The zero-order valence-electron chi connectivity index (χ0n) is 32.5. The standard InChI is InChI=1S/C39H78N2O4S4/c1-5-7-9-11-13-15-17-19-21-23-34-46-48-36-32-44-38(42)26-30-41(29-25-28-40(3)4)31-27-39(43)45-33-37-49-47-35-24-22-20-18-16-14-12-10-8-6-2/h5-37H2,1-4H3/p+1. The molecule has 0 atom stereocenters. The molecule has 0 bridgehead atoms. The van der Waals surface area contributed by atoms with Crippen LogP contribution in [0.2, 0.25) is 0 Å². The predicted molar refractivity (Wildman–Crippen MR) is 225 cm³/mol. The first-order chi connectivity index (χ1) is 24.0. The molecule has 6 nitrogen and oxygen atoms in total. The molecule has 0 rings (SSSR count). The van der Waals surface area contributed by atoms with Crippen molar-refractivity contribution in [2.24, 2.45) is 0 Å². The molecule has 0 aromatic carbocycles. The highest BCUT2D eigenvalue weighted by Gasteiger charge is 2.13. The highest BCUT2D eigenvalue weighted by molar-refractivity contribution is 8.76. The molecule has 0 fully saturated rings. The van der Waals surface area contributed by atoms with Crippen molar-refractivity contribution in [2.45, 2.75) is 162 Å². The van der Waals surface area contributed by atoms with Crippen LogP contribution in [-0.2, 0) is 29.9 Å². The third-order valence-corrected chi connectivity index (χ3v) is 13.7. The summed E-state index contributed by atoms with van der Waals surface area (Å²) in [6.45, 7) is 8.58. The number of rotatable bonds is 40. The Hall–Kier alpha value is 0.260. The third-order valence-electron chi connectivity index (χ3n) is 8.57. The zero-order valence-corrected chi connectivity index (χ0v) is 35.9. The number of nitrogens with zero attached hydrogens (tertiary/aromatic N) is 2. The number of esters is 2. The number of unbranched alkanes of at least 4 members (excludes halogenated alkanes) is 18. The van der Waals surface area contributed by atoms with Gasteiger partial charge in [-0.15, -0.1) is 0 Å². The van der Waals surface area contributed by atoms with Gasteiger partial charge in [0.15, 0.2) is 0 Å². The smallest absolute Gasteiger partial charge is 0.307 e. The highest BCUT2D eigenvalue weighted by atomic mass is 33.1. The van der Waals surface area contributed by atoms with Crippen LogP contribution in [0.5, 0.6) is 0 Å². The van der Waals surface area contributed by atoms with Crippen molar-refractivity contribution in [2.75, 3.05) is 76.5 Å².